The van der Waals surface area contributed by atoms with Crippen molar-refractivity contribution in [3.05, 3.63) is 0 Å². The van der Waals surface area contributed by atoms with E-state index in [1.165, 1.54) is 6.42 Å². The molecule has 15 heavy (non-hydrogen) atoms. The molecule has 1 aliphatic carbocycles. The predicted molar refractivity (Wildman–Crippen MR) is 62.1 cm³/mol. The zero-order valence-electron chi connectivity index (χ0n) is 10.3. The Morgan fingerprint density at radius 1 is 1.20 bits per heavy atom. The standard InChI is InChI=1S/C12H25NO2/c1-4-7-8-15-11-9-10(13-5-2)12(11)14-6-3/h10-13H,4-9H2,1-3H3. The van der Waals surface area contributed by atoms with Crippen LogP contribution in [0.15, 0.2) is 0 Å². The first-order valence-electron chi connectivity index (χ1n) is 6.30. The molecule has 0 amide bonds. The topological polar surface area (TPSA) is 30.5 Å². The Labute approximate surface area is 93.5 Å². The van der Waals surface area contributed by atoms with Crippen molar-refractivity contribution < 1.29 is 9.47 Å². The van der Waals surface area contributed by atoms with Gasteiger partial charge in [0.2, 0.25) is 0 Å². The van der Waals surface area contributed by atoms with Crippen LogP contribution >= 0.6 is 0 Å². The minimum absolute atomic E-state index is 0.270. The first kappa shape index (κ1) is 12.9. The molecule has 3 atom stereocenters. The summed E-state index contributed by atoms with van der Waals surface area (Å²) in [6.07, 6.45) is 4.04. The highest BCUT2D eigenvalue weighted by molar-refractivity contribution is 4.97. The van der Waals surface area contributed by atoms with E-state index in [9.17, 15) is 0 Å². The highest BCUT2D eigenvalue weighted by Gasteiger charge is 2.41. The molecule has 0 heterocycles. The van der Waals surface area contributed by atoms with E-state index >= 15 is 0 Å². The zero-order valence-corrected chi connectivity index (χ0v) is 10.3. The maximum atomic E-state index is 5.80. The average Bonchev–Trinajstić information content (AvgIpc) is 2.24. The third-order valence-corrected chi connectivity index (χ3v) is 2.90. The smallest absolute Gasteiger partial charge is 0.0990 e. The first-order chi connectivity index (χ1) is 7.33. The van der Waals surface area contributed by atoms with Crippen LogP contribution < -0.4 is 5.32 Å². The van der Waals surface area contributed by atoms with E-state index in [0.717, 1.165) is 32.6 Å². The number of rotatable bonds is 8. The summed E-state index contributed by atoms with van der Waals surface area (Å²) in [5.74, 6) is 0. The normalized spacial score (nSPS) is 30.2. The summed E-state index contributed by atoms with van der Waals surface area (Å²) in [4.78, 5) is 0. The summed E-state index contributed by atoms with van der Waals surface area (Å²) >= 11 is 0. The molecule has 3 heteroatoms. The van der Waals surface area contributed by atoms with Crippen LogP contribution in [-0.4, -0.2) is 38.0 Å². The number of hydrogen-bond donors (Lipinski definition) is 1. The maximum absolute atomic E-state index is 5.80. The molecule has 0 aromatic carbocycles. The number of ether oxygens (including phenoxy) is 2. The molecule has 0 aromatic rings. The van der Waals surface area contributed by atoms with Crippen LogP contribution in [-0.2, 0) is 9.47 Å². The lowest BCUT2D eigenvalue weighted by Crippen LogP contribution is -2.60. The fourth-order valence-corrected chi connectivity index (χ4v) is 2.00. The number of hydrogen-bond acceptors (Lipinski definition) is 3. The van der Waals surface area contributed by atoms with Gasteiger partial charge in [0, 0.05) is 19.3 Å². The van der Waals surface area contributed by atoms with Crippen molar-refractivity contribution in [2.24, 2.45) is 0 Å². The van der Waals surface area contributed by atoms with Crippen LogP contribution in [0.4, 0.5) is 0 Å². The van der Waals surface area contributed by atoms with Gasteiger partial charge in [-0.25, -0.2) is 0 Å². The largest absolute Gasteiger partial charge is 0.375 e. The molecule has 3 unspecified atom stereocenters. The fourth-order valence-electron chi connectivity index (χ4n) is 2.00. The third-order valence-electron chi connectivity index (χ3n) is 2.90. The Hall–Kier alpha value is -0.120. The summed E-state index contributed by atoms with van der Waals surface area (Å²) < 4.78 is 11.5. The molecular weight excluding hydrogens is 190 g/mol. The SMILES string of the molecule is CCCCOC1CC(NCC)C1OCC. The molecule has 0 spiro atoms. The Balaban J connectivity index is 2.21. The van der Waals surface area contributed by atoms with Crippen molar-refractivity contribution in [3.8, 4) is 0 Å². The predicted octanol–water partition coefficient (Wildman–Crippen LogP) is 1.96. The number of nitrogens with one attached hydrogen (secondary N) is 1. The van der Waals surface area contributed by atoms with Gasteiger partial charge in [0.1, 0.15) is 0 Å². The summed E-state index contributed by atoms with van der Waals surface area (Å²) in [5.41, 5.74) is 0. The fraction of sp³-hybridized carbons (Fsp3) is 1.00. The second kappa shape index (κ2) is 7.20. The van der Waals surface area contributed by atoms with Gasteiger partial charge < -0.3 is 14.8 Å². The summed E-state index contributed by atoms with van der Waals surface area (Å²) in [6, 6.07) is 0.501. The molecule has 1 rings (SSSR count). The third kappa shape index (κ3) is 3.74. The van der Waals surface area contributed by atoms with Gasteiger partial charge >= 0.3 is 0 Å². The molecule has 0 aliphatic heterocycles. The lowest BCUT2D eigenvalue weighted by molar-refractivity contribution is -0.144. The summed E-state index contributed by atoms with van der Waals surface area (Å²) in [5, 5.41) is 3.43. The zero-order chi connectivity index (χ0) is 11.1. The van der Waals surface area contributed by atoms with Crippen molar-refractivity contribution in [2.45, 2.75) is 58.3 Å². The van der Waals surface area contributed by atoms with E-state index in [1.54, 1.807) is 0 Å². The van der Waals surface area contributed by atoms with Gasteiger partial charge in [-0.05, 0) is 26.3 Å². The van der Waals surface area contributed by atoms with Gasteiger partial charge in [-0.3, -0.25) is 0 Å². The molecular formula is C12H25NO2. The van der Waals surface area contributed by atoms with E-state index in [4.69, 9.17) is 9.47 Å². The molecule has 90 valence electrons. The van der Waals surface area contributed by atoms with Crippen LogP contribution in [0.1, 0.15) is 40.0 Å². The summed E-state index contributed by atoms with van der Waals surface area (Å²) in [6.45, 7) is 9.03. The highest BCUT2D eigenvalue weighted by Crippen LogP contribution is 2.27. The monoisotopic (exact) mass is 215 g/mol. The van der Waals surface area contributed by atoms with E-state index < -0.39 is 0 Å². The molecule has 0 aromatic heterocycles. The Morgan fingerprint density at radius 3 is 2.60 bits per heavy atom. The minimum atomic E-state index is 0.270. The van der Waals surface area contributed by atoms with Gasteiger partial charge in [0.15, 0.2) is 0 Å². The molecule has 3 nitrogen and oxygen atoms in total. The van der Waals surface area contributed by atoms with Crippen molar-refractivity contribution in [2.75, 3.05) is 19.8 Å². The first-order valence-corrected chi connectivity index (χ1v) is 6.30. The average molecular weight is 215 g/mol. The van der Waals surface area contributed by atoms with Crippen molar-refractivity contribution >= 4 is 0 Å². The van der Waals surface area contributed by atoms with Gasteiger partial charge in [-0.2, -0.15) is 0 Å². The van der Waals surface area contributed by atoms with Crippen molar-refractivity contribution in [3.63, 3.8) is 0 Å². The Kier molecular flexibility index (Phi) is 6.22. The Morgan fingerprint density at radius 2 is 2.00 bits per heavy atom. The molecule has 1 N–H and O–H groups in total. The van der Waals surface area contributed by atoms with Crippen molar-refractivity contribution in [1.29, 1.82) is 0 Å². The Bertz CT molecular complexity index is 162. The molecule has 1 aliphatic rings. The van der Waals surface area contributed by atoms with Crippen LogP contribution in [0.3, 0.4) is 0 Å². The molecule has 1 saturated carbocycles. The quantitative estimate of drug-likeness (QED) is 0.628. The van der Waals surface area contributed by atoms with E-state index in [1.807, 2.05) is 6.92 Å². The lowest BCUT2D eigenvalue weighted by atomic mass is 9.85. The number of unbranched alkanes of at least 4 members (excludes halogenated alkanes) is 1. The van der Waals surface area contributed by atoms with Crippen molar-refractivity contribution in [1.82, 2.24) is 5.32 Å². The van der Waals surface area contributed by atoms with Gasteiger partial charge in [-0.15, -0.1) is 0 Å². The minimum Gasteiger partial charge on any atom is -0.375 e. The van der Waals surface area contributed by atoms with E-state index in [0.29, 0.717) is 12.1 Å². The molecule has 0 radical (unpaired) electrons. The van der Waals surface area contributed by atoms with E-state index in [2.05, 4.69) is 19.2 Å². The second-order valence-corrected chi connectivity index (χ2v) is 4.08. The maximum Gasteiger partial charge on any atom is 0.0990 e. The molecule has 0 bridgehead atoms. The van der Waals surface area contributed by atoms with Gasteiger partial charge in [-0.1, -0.05) is 20.3 Å². The highest BCUT2D eigenvalue weighted by atomic mass is 16.5. The lowest BCUT2D eigenvalue weighted by Gasteiger charge is -2.44. The van der Waals surface area contributed by atoms with Gasteiger partial charge in [0.05, 0.1) is 12.2 Å². The van der Waals surface area contributed by atoms with Crippen LogP contribution in [0.25, 0.3) is 0 Å². The summed E-state index contributed by atoms with van der Waals surface area (Å²) in [7, 11) is 0. The van der Waals surface area contributed by atoms with Crippen LogP contribution in [0.2, 0.25) is 0 Å². The van der Waals surface area contributed by atoms with Gasteiger partial charge in [0.25, 0.3) is 0 Å². The molecule has 1 fully saturated rings. The second-order valence-electron chi connectivity index (χ2n) is 4.08. The van der Waals surface area contributed by atoms with Crippen LogP contribution in [0, 0.1) is 0 Å². The number of likely N-dealkylation sites (N-methyl/N-ethyl adjacent to an activating group) is 1. The van der Waals surface area contributed by atoms with Crippen LogP contribution in [0.5, 0.6) is 0 Å². The molecule has 0 saturated heterocycles. The van der Waals surface area contributed by atoms with E-state index in [-0.39, 0.29) is 6.10 Å².